The number of phenols is 1. The van der Waals surface area contributed by atoms with E-state index in [0.717, 1.165) is 10.8 Å². The third-order valence-electron chi connectivity index (χ3n) is 4.17. The average molecular weight is 347 g/mol. The minimum atomic E-state index is -0.433. The third kappa shape index (κ3) is 2.73. The fraction of sp³-hybridized carbons (Fsp3) is 0.0952. The van der Waals surface area contributed by atoms with Crippen molar-refractivity contribution in [1.82, 2.24) is 0 Å². The van der Waals surface area contributed by atoms with Crippen LogP contribution in [-0.4, -0.2) is 17.6 Å². The number of hydrogen-bond acceptors (Lipinski definition) is 4. The summed E-state index contributed by atoms with van der Waals surface area (Å²) in [6, 6.07) is 17.8. The second-order valence-corrected chi connectivity index (χ2v) is 5.85. The van der Waals surface area contributed by atoms with E-state index in [9.17, 15) is 9.90 Å². The molecule has 130 valence electrons. The molecule has 0 aliphatic heterocycles. The first-order chi connectivity index (χ1) is 12.7. The lowest BCUT2D eigenvalue weighted by Gasteiger charge is -2.11. The Labute approximate surface area is 149 Å². The molecule has 1 heterocycles. The van der Waals surface area contributed by atoms with Gasteiger partial charge in [-0.3, -0.25) is 4.79 Å². The Balaban J connectivity index is 1.73. The number of amides is 1. The van der Waals surface area contributed by atoms with Crippen LogP contribution >= 0.6 is 0 Å². The monoisotopic (exact) mass is 347 g/mol. The van der Waals surface area contributed by atoms with Crippen LogP contribution in [0.1, 0.15) is 17.3 Å². The van der Waals surface area contributed by atoms with Gasteiger partial charge in [0, 0.05) is 10.8 Å². The first-order valence-electron chi connectivity index (χ1n) is 8.35. The zero-order valence-electron chi connectivity index (χ0n) is 14.2. The number of ether oxygens (including phenoxy) is 1. The smallest absolute Gasteiger partial charge is 0.259 e. The van der Waals surface area contributed by atoms with Gasteiger partial charge < -0.3 is 19.6 Å². The van der Waals surface area contributed by atoms with Crippen LogP contribution < -0.4 is 10.1 Å². The Morgan fingerprint density at radius 1 is 1.04 bits per heavy atom. The summed E-state index contributed by atoms with van der Waals surface area (Å²) in [5.74, 6) is 0.0418. The van der Waals surface area contributed by atoms with Gasteiger partial charge in [-0.15, -0.1) is 0 Å². The molecule has 0 fully saturated rings. The van der Waals surface area contributed by atoms with Gasteiger partial charge in [-0.2, -0.15) is 0 Å². The van der Waals surface area contributed by atoms with Crippen molar-refractivity contribution in [2.24, 2.45) is 0 Å². The Hall–Kier alpha value is -3.47. The van der Waals surface area contributed by atoms with Crippen LogP contribution in [0.25, 0.3) is 21.9 Å². The van der Waals surface area contributed by atoms with Gasteiger partial charge in [0.1, 0.15) is 22.7 Å². The number of carbonyl (C=O) groups is 1. The minimum absolute atomic E-state index is 0.101. The van der Waals surface area contributed by atoms with Gasteiger partial charge in [-0.1, -0.05) is 30.3 Å². The van der Waals surface area contributed by atoms with Crippen LogP contribution in [0.3, 0.4) is 0 Å². The summed E-state index contributed by atoms with van der Waals surface area (Å²) >= 11 is 0. The van der Waals surface area contributed by atoms with E-state index in [1.807, 2.05) is 37.3 Å². The quantitative estimate of drug-likeness (QED) is 0.548. The number of furan rings is 1. The maximum Gasteiger partial charge on any atom is 0.259 e. The fourth-order valence-electron chi connectivity index (χ4n) is 2.98. The molecule has 0 aliphatic carbocycles. The molecule has 4 rings (SSSR count). The molecule has 4 aromatic rings. The third-order valence-corrected chi connectivity index (χ3v) is 4.17. The second kappa shape index (κ2) is 6.44. The first kappa shape index (κ1) is 16.0. The van der Waals surface area contributed by atoms with Gasteiger partial charge in [0.2, 0.25) is 0 Å². The zero-order valence-corrected chi connectivity index (χ0v) is 14.2. The van der Waals surface area contributed by atoms with E-state index < -0.39 is 5.91 Å². The molecule has 0 aliphatic rings. The normalized spacial score (nSPS) is 11.0. The highest BCUT2D eigenvalue weighted by molar-refractivity contribution is 6.12. The summed E-state index contributed by atoms with van der Waals surface area (Å²) in [5.41, 5.74) is 1.94. The number of benzene rings is 3. The standard InChI is InChI=1S/C21H17NO4/c1-2-25-19-10-6-4-8-16(19)22-21(24)15-12-20-14(11-17(15)23)13-7-3-5-9-18(13)26-20/h3-12,23H,2H2,1H3,(H,22,24). The zero-order chi connectivity index (χ0) is 18.1. The molecular weight excluding hydrogens is 330 g/mol. The molecule has 0 spiro atoms. The lowest BCUT2D eigenvalue weighted by Crippen LogP contribution is -2.13. The Morgan fingerprint density at radius 3 is 2.65 bits per heavy atom. The van der Waals surface area contributed by atoms with Crippen molar-refractivity contribution in [1.29, 1.82) is 0 Å². The van der Waals surface area contributed by atoms with Gasteiger partial charge in [0.25, 0.3) is 5.91 Å². The molecule has 0 saturated carbocycles. The summed E-state index contributed by atoms with van der Waals surface area (Å²) in [5, 5.41) is 14.8. The minimum Gasteiger partial charge on any atom is -0.507 e. The van der Waals surface area contributed by atoms with Gasteiger partial charge in [-0.25, -0.2) is 0 Å². The number of fused-ring (bicyclic) bond motifs is 3. The van der Waals surface area contributed by atoms with Gasteiger partial charge in [0.15, 0.2) is 0 Å². The van der Waals surface area contributed by atoms with E-state index in [0.29, 0.717) is 29.2 Å². The Bertz CT molecular complexity index is 1110. The van der Waals surface area contributed by atoms with Crippen LogP contribution in [0.4, 0.5) is 5.69 Å². The Morgan fingerprint density at radius 2 is 1.81 bits per heavy atom. The lowest BCUT2D eigenvalue weighted by molar-refractivity contribution is 0.102. The molecule has 0 saturated heterocycles. The van der Waals surface area contributed by atoms with E-state index in [4.69, 9.17) is 9.15 Å². The van der Waals surface area contributed by atoms with Crippen molar-refractivity contribution in [3.8, 4) is 11.5 Å². The van der Waals surface area contributed by atoms with Crippen molar-refractivity contribution in [2.45, 2.75) is 6.92 Å². The Kier molecular flexibility index (Phi) is 3.97. The fourth-order valence-corrected chi connectivity index (χ4v) is 2.98. The molecular formula is C21H17NO4. The van der Waals surface area contributed by atoms with E-state index >= 15 is 0 Å². The molecule has 26 heavy (non-hydrogen) atoms. The summed E-state index contributed by atoms with van der Waals surface area (Å²) in [6.45, 7) is 2.36. The molecule has 0 atom stereocenters. The number of nitrogens with one attached hydrogen (secondary N) is 1. The van der Waals surface area contributed by atoms with Crippen molar-refractivity contribution in [2.75, 3.05) is 11.9 Å². The van der Waals surface area contributed by atoms with E-state index in [1.165, 1.54) is 0 Å². The lowest BCUT2D eigenvalue weighted by atomic mass is 10.1. The molecule has 5 nitrogen and oxygen atoms in total. The molecule has 5 heteroatoms. The SMILES string of the molecule is CCOc1ccccc1NC(=O)c1cc2oc3ccccc3c2cc1O. The number of aromatic hydroxyl groups is 1. The van der Waals surface area contributed by atoms with Crippen LogP contribution in [0.15, 0.2) is 65.1 Å². The molecule has 0 radical (unpaired) electrons. The first-order valence-corrected chi connectivity index (χ1v) is 8.35. The van der Waals surface area contributed by atoms with Gasteiger partial charge in [-0.05, 0) is 37.3 Å². The van der Waals surface area contributed by atoms with E-state index in [1.54, 1.807) is 30.3 Å². The molecule has 1 aromatic heterocycles. The summed E-state index contributed by atoms with van der Waals surface area (Å²) < 4.78 is 11.3. The molecule has 2 N–H and O–H groups in total. The highest BCUT2D eigenvalue weighted by atomic mass is 16.5. The topological polar surface area (TPSA) is 71.7 Å². The number of hydrogen-bond donors (Lipinski definition) is 2. The van der Waals surface area contributed by atoms with Crippen molar-refractivity contribution >= 4 is 33.5 Å². The predicted octanol–water partition coefficient (Wildman–Crippen LogP) is 4.94. The predicted molar refractivity (Wildman–Crippen MR) is 101 cm³/mol. The van der Waals surface area contributed by atoms with E-state index in [2.05, 4.69) is 5.32 Å². The highest BCUT2D eigenvalue weighted by Gasteiger charge is 2.17. The molecule has 3 aromatic carbocycles. The average Bonchev–Trinajstić information content (AvgIpc) is 3.00. The van der Waals surface area contributed by atoms with Crippen molar-refractivity contribution < 1.29 is 19.1 Å². The number of carbonyl (C=O) groups excluding carboxylic acids is 1. The number of para-hydroxylation sites is 3. The second-order valence-electron chi connectivity index (χ2n) is 5.85. The van der Waals surface area contributed by atoms with Crippen molar-refractivity contribution in [3.63, 3.8) is 0 Å². The van der Waals surface area contributed by atoms with Gasteiger partial charge in [0.05, 0.1) is 17.9 Å². The summed E-state index contributed by atoms with van der Waals surface area (Å²) in [6.07, 6.45) is 0. The highest BCUT2D eigenvalue weighted by Crippen LogP contribution is 2.34. The van der Waals surface area contributed by atoms with Crippen LogP contribution in [0, 0.1) is 0 Å². The van der Waals surface area contributed by atoms with Gasteiger partial charge >= 0.3 is 0 Å². The molecule has 0 unspecified atom stereocenters. The molecule has 1 amide bonds. The van der Waals surface area contributed by atoms with Crippen LogP contribution in [0.5, 0.6) is 11.5 Å². The van der Waals surface area contributed by atoms with Crippen LogP contribution in [0.2, 0.25) is 0 Å². The maximum absolute atomic E-state index is 12.7. The number of anilines is 1. The summed E-state index contributed by atoms with van der Waals surface area (Å²) in [4.78, 5) is 12.7. The molecule has 0 bridgehead atoms. The van der Waals surface area contributed by atoms with E-state index in [-0.39, 0.29) is 11.3 Å². The van der Waals surface area contributed by atoms with Crippen LogP contribution in [-0.2, 0) is 0 Å². The number of rotatable bonds is 4. The number of phenolic OH excluding ortho intramolecular Hbond substituents is 1. The van der Waals surface area contributed by atoms with Crippen molar-refractivity contribution in [3.05, 3.63) is 66.2 Å². The largest absolute Gasteiger partial charge is 0.507 e. The maximum atomic E-state index is 12.7. The summed E-state index contributed by atoms with van der Waals surface area (Å²) in [7, 11) is 0.